The highest BCUT2D eigenvalue weighted by Crippen LogP contribution is 2.26. The molecule has 6 heteroatoms. The van der Waals surface area contributed by atoms with Crippen LogP contribution in [0.4, 0.5) is 0 Å². The number of nitrogens with zero attached hydrogens (tertiary/aromatic N) is 4. The minimum Gasteiger partial charge on any atom is -0.339 e. The molecule has 1 fully saturated rings. The molecule has 3 rings (SSSR count). The third kappa shape index (κ3) is 3.60. The van der Waals surface area contributed by atoms with E-state index in [9.17, 15) is 4.79 Å². The molecular formula is C18H19ClN4O. The number of hydrogen-bond acceptors (Lipinski definition) is 3. The Labute approximate surface area is 146 Å². The average molecular weight is 343 g/mol. The largest absolute Gasteiger partial charge is 0.339 e. The van der Waals surface area contributed by atoms with Crippen LogP contribution in [0.3, 0.4) is 0 Å². The zero-order valence-corrected chi connectivity index (χ0v) is 14.2. The van der Waals surface area contributed by atoms with Crippen LogP contribution >= 0.6 is 11.6 Å². The van der Waals surface area contributed by atoms with Crippen molar-refractivity contribution < 1.29 is 4.79 Å². The molecular weight excluding hydrogens is 324 g/mol. The van der Waals surface area contributed by atoms with Gasteiger partial charge in [0.2, 0.25) is 0 Å². The van der Waals surface area contributed by atoms with Gasteiger partial charge in [0.05, 0.1) is 24.6 Å². The van der Waals surface area contributed by atoms with Crippen LogP contribution in [-0.2, 0) is 6.54 Å². The molecule has 5 nitrogen and oxygen atoms in total. The first-order valence-corrected chi connectivity index (χ1v) is 8.56. The first-order valence-electron chi connectivity index (χ1n) is 8.18. The lowest BCUT2D eigenvalue weighted by molar-refractivity contribution is 0.0725. The van der Waals surface area contributed by atoms with Gasteiger partial charge in [-0.1, -0.05) is 23.7 Å². The maximum absolute atomic E-state index is 12.9. The lowest BCUT2D eigenvalue weighted by atomic mass is 10.1. The number of rotatable bonds is 4. The molecule has 0 radical (unpaired) electrons. The Morgan fingerprint density at radius 1 is 1.29 bits per heavy atom. The first-order chi connectivity index (χ1) is 11.7. The maximum atomic E-state index is 12.9. The van der Waals surface area contributed by atoms with E-state index in [0.29, 0.717) is 29.2 Å². The summed E-state index contributed by atoms with van der Waals surface area (Å²) in [6.07, 6.45) is 5.37. The van der Waals surface area contributed by atoms with Crippen molar-refractivity contribution >= 4 is 17.5 Å². The summed E-state index contributed by atoms with van der Waals surface area (Å²) < 4.78 is 1.68. The van der Waals surface area contributed by atoms with Crippen molar-refractivity contribution in [2.75, 3.05) is 13.1 Å². The number of likely N-dealkylation sites (tertiary alicyclic amines) is 1. The molecule has 0 aliphatic carbocycles. The van der Waals surface area contributed by atoms with Crippen LogP contribution in [0.25, 0.3) is 11.3 Å². The third-order valence-electron chi connectivity index (χ3n) is 4.19. The summed E-state index contributed by atoms with van der Waals surface area (Å²) >= 11 is 6.09. The van der Waals surface area contributed by atoms with E-state index in [2.05, 4.69) is 11.2 Å². The summed E-state index contributed by atoms with van der Waals surface area (Å²) in [6, 6.07) is 9.46. The zero-order chi connectivity index (χ0) is 16.9. The molecule has 0 saturated carbocycles. The molecule has 2 aromatic rings. The van der Waals surface area contributed by atoms with E-state index >= 15 is 0 Å². The van der Waals surface area contributed by atoms with Gasteiger partial charge in [-0.3, -0.25) is 9.48 Å². The van der Waals surface area contributed by atoms with Gasteiger partial charge < -0.3 is 4.90 Å². The summed E-state index contributed by atoms with van der Waals surface area (Å²) in [5.74, 6) is 0.00730. The molecule has 0 atom stereocenters. The molecule has 1 aromatic heterocycles. The molecule has 0 bridgehead atoms. The topological polar surface area (TPSA) is 61.9 Å². The predicted molar refractivity (Wildman–Crippen MR) is 92.7 cm³/mol. The minimum absolute atomic E-state index is 0.00730. The van der Waals surface area contributed by atoms with Crippen molar-refractivity contribution in [3.05, 3.63) is 41.0 Å². The third-order valence-corrected chi connectivity index (χ3v) is 4.42. The lowest BCUT2D eigenvalue weighted by Gasteiger charge is -2.26. The molecule has 124 valence electrons. The molecule has 0 unspecified atom stereocenters. The Hall–Kier alpha value is -2.32. The fraction of sp³-hybridized carbons (Fsp3) is 0.389. The van der Waals surface area contributed by atoms with Crippen LogP contribution in [0.1, 0.15) is 36.0 Å². The number of halogens is 1. The highest BCUT2D eigenvalue weighted by molar-refractivity contribution is 6.30. The second-order valence-corrected chi connectivity index (χ2v) is 6.36. The second kappa shape index (κ2) is 7.50. The number of benzene rings is 1. The first kappa shape index (κ1) is 16.5. The Balaban J connectivity index is 1.97. The Kier molecular flexibility index (Phi) is 5.17. The predicted octanol–water partition coefficient (Wildman–Crippen LogP) is 3.74. The van der Waals surface area contributed by atoms with Gasteiger partial charge in [0, 0.05) is 29.9 Å². The van der Waals surface area contributed by atoms with Crippen LogP contribution in [0.5, 0.6) is 0 Å². The Bertz CT molecular complexity index is 772. The van der Waals surface area contributed by atoms with Gasteiger partial charge >= 0.3 is 0 Å². The lowest BCUT2D eigenvalue weighted by Crippen LogP contribution is -2.35. The van der Waals surface area contributed by atoms with E-state index in [1.54, 1.807) is 16.9 Å². The fourth-order valence-electron chi connectivity index (χ4n) is 2.97. The van der Waals surface area contributed by atoms with Crippen LogP contribution < -0.4 is 0 Å². The molecule has 24 heavy (non-hydrogen) atoms. The van der Waals surface area contributed by atoms with Gasteiger partial charge in [0.1, 0.15) is 5.69 Å². The molecule has 0 spiro atoms. The van der Waals surface area contributed by atoms with Crippen molar-refractivity contribution in [1.29, 1.82) is 5.26 Å². The molecule has 0 N–H and O–H groups in total. The second-order valence-electron chi connectivity index (χ2n) is 5.93. The normalized spacial score (nSPS) is 14.4. The Morgan fingerprint density at radius 2 is 2.08 bits per heavy atom. The molecule has 2 heterocycles. The van der Waals surface area contributed by atoms with Crippen molar-refractivity contribution in [3.63, 3.8) is 0 Å². The highest BCUT2D eigenvalue weighted by atomic mass is 35.5. The monoisotopic (exact) mass is 342 g/mol. The summed E-state index contributed by atoms with van der Waals surface area (Å²) in [7, 11) is 0. The molecule has 1 saturated heterocycles. The fourth-order valence-corrected chi connectivity index (χ4v) is 3.16. The van der Waals surface area contributed by atoms with Crippen LogP contribution in [0.2, 0.25) is 5.02 Å². The highest BCUT2D eigenvalue weighted by Gasteiger charge is 2.24. The standard InChI is InChI=1S/C18H19ClN4O/c19-15-7-4-6-14(12-15)17-16(13-23(21-17)11-5-8-20)18(24)22-9-2-1-3-10-22/h4,6-7,12-13H,1-3,5,9-11H2. The number of hydrogen-bond donors (Lipinski definition) is 0. The number of aryl methyl sites for hydroxylation is 1. The number of piperidine rings is 1. The van der Waals surface area contributed by atoms with Gasteiger partial charge in [-0.2, -0.15) is 10.4 Å². The molecule has 1 aromatic carbocycles. The van der Waals surface area contributed by atoms with E-state index < -0.39 is 0 Å². The van der Waals surface area contributed by atoms with E-state index in [4.69, 9.17) is 16.9 Å². The van der Waals surface area contributed by atoms with E-state index in [1.807, 2.05) is 23.1 Å². The van der Waals surface area contributed by atoms with Gasteiger partial charge in [0.25, 0.3) is 5.91 Å². The van der Waals surface area contributed by atoms with Gasteiger partial charge in [-0.05, 0) is 31.4 Å². The average Bonchev–Trinajstić information content (AvgIpc) is 3.04. The smallest absolute Gasteiger partial charge is 0.257 e. The maximum Gasteiger partial charge on any atom is 0.257 e. The van der Waals surface area contributed by atoms with E-state index in [0.717, 1.165) is 31.5 Å². The summed E-state index contributed by atoms with van der Waals surface area (Å²) in [6.45, 7) is 2.05. The van der Waals surface area contributed by atoms with Crippen molar-refractivity contribution in [3.8, 4) is 17.3 Å². The number of nitriles is 1. The van der Waals surface area contributed by atoms with Crippen molar-refractivity contribution in [2.24, 2.45) is 0 Å². The SMILES string of the molecule is N#CCCn1cc(C(=O)N2CCCCC2)c(-c2cccc(Cl)c2)n1. The van der Waals surface area contributed by atoms with Crippen molar-refractivity contribution in [1.82, 2.24) is 14.7 Å². The summed E-state index contributed by atoms with van der Waals surface area (Å²) in [4.78, 5) is 14.8. The number of carbonyl (C=O) groups excluding carboxylic acids is 1. The Morgan fingerprint density at radius 3 is 2.79 bits per heavy atom. The van der Waals surface area contributed by atoms with Crippen LogP contribution in [0.15, 0.2) is 30.5 Å². The van der Waals surface area contributed by atoms with Gasteiger partial charge in [-0.15, -0.1) is 0 Å². The van der Waals surface area contributed by atoms with E-state index in [1.165, 1.54) is 6.42 Å². The number of aromatic nitrogens is 2. The van der Waals surface area contributed by atoms with Crippen LogP contribution in [0, 0.1) is 11.3 Å². The minimum atomic E-state index is 0.00730. The molecule has 1 amide bonds. The van der Waals surface area contributed by atoms with Crippen LogP contribution in [-0.4, -0.2) is 33.7 Å². The van der Waals surface area contributed by atoms with Gasteiger partial charge in [-0.25, -0.2) is 0 Å². The quantitative estimate of drug-likeness (QED) is 0.850. The number of amides is 1. The summed E-state index contributed by atoms with van der Waals surface area (Å²) in [5, 5.41) is 13.9. The zero-order valence-electron chi connectivity index (χ0n) is 13.4. The molecule has 1 aliphatic heterocycles. The van der Waals surface area contributed by atoms with Gasteiger partial charge in [0.15, 0.2) is 0 Å². The van der Waals surface area contributed by atoms with E-state index in [-0.39, 0.29) is 5.91 Å². The van der Waals surface area contributed by atoms with Crippen molar-refractivity contribution in [2.45, 2.75) is 32.2 Å². The summed E-state index contributed by atoms with van der Waals surface area (Å²) in [5.41, 5.74) is 2.03. The molecule has 1 aliphatic rings. The number of carbonyl (C=O) groups is 1.